The maximum Gasteiger partial charge on any atom is 0.251 e. The minimum atomic E-state index is -0.0820. The molecule has 0 bridgehead atoms. The molecule has 0 saturated heterocycles. The number of benzene rings is 2. The van der Waals surface area contributed by atoms with Gasteiger partial charge in [-0.1, -0.05) is 30.3 Å². The molecule has 2 aromatic carbocycles. The van der Waals surface area contributed by atoms with Crippen molar-refractivity contribution in [2.24, 2.45) is 0 Å². The van der Waals surface area contributed by atoms with E-state index in [1.165, 1.54) is 0 Å². The molecule has 5 nitrogen and oxygen atoms in total. The van der Waals surface area contributed by atoms with E-state index in [9.17, 15) is 4.79 Å². The number of ether oxygens (including phenoxy) is 1. The van der Waals surface area contributed by atoms with E-state index in [0.29, 0.717) is 18.7 Å². The van der Waals surface area contributed by atoms with Crippen LogP contribution in [0.2, 0.25) is 0 Å². The molecule has 0 aliphatic rings. The van der Waals surface area contributed by atoms with Gasteiger partial charge in [-0.05, 0) is 61.4 Å². The first kappa shape index (κ1) is 22.1. The van der Waals surface area contributed by atoms with Crippen LogP contribution in [0.25, 0.3) is 5.65 Å². The summed E-state index contributed by atoms with van der Waals surface area (Å²) in [6.45, 7) is 5.05. The van der Waals surface area contributed by atoms with Crippen LogP contribution < -0.4 is 5.32 Å². The second-order valence-corrected chi connectivity index (χ2v) is 8.87. The summed E-state index contributed by atoms with van der Waals surface area (Å²) in [5.74, 6) is 0.698. The van der Waals surface area contributed by atoms with Crippen LogP contribution in [-0.4, -0.2) is 21.4 Å². The van der Waals surface area contributed by atoms with Crippen LogP contribution in [0.1, 0.15) is 41.0 Å². The van der Waals surface area contributed by atoms with Gasteiger partial charge in [0.1, 0.15) is 5.65 Å². The average molecular weight is 446 g/mol. The number of carbonyl (C=O) groups excluding carboxylic acids is 1. The number of nitrogens with one attached hydrogen (secondary N) is 1. The van der Waals surface area contributed by atoms with Crippen molar-refractivity contribution in [3.05, 3.63) is 102 Å². The number of amides is 1. The molecule has 0 spiro atoms. The molecule has 0 aliphatic heterocycles. The lowest BCUT2D eigenvalue weighted by molar-refractivity contribution is 0.0651. The smallest absolute Gasteiger partial charge is 0.251 e. The number of hydrogen-bond donors (Lipinski definition) is 1. The van der Waals surface area contributed by atoms with Gasteiger partial charge in [0.05, 0.1) is 18.4 Å². The minimum absolute atomic E-state index is 0.0820. The zero-order valence-corrected chi connectivity index (χ0v) is 19.1. The predicted octanol–water partition coefficient (Wildman–Crippen LogP) is 5.48. The summed E-state index contributed by atoms with van der Waals surface area (Å²) in [7, 11) is 0. The largest absolute Gasteiger partial charge is 0.374 e. The summed E-state index contributed by atoms with van der Waals surface area (Å²) in [5.41, 5.74) is 4.80. The molecule has 4 aromatic rings. The fourth-order valence-corrected chi connectivity index (χ4v) is 4.10. The van der Waals surface area contributed by atoms with Gasteiger partial charge in [-0.3, -0.25) is 4.79 Å². The Bertz CT molecular complexity index is 1150. The van der Waals surface area contributed by atoms with Crippen LogP contribution in [0, 0.1) is 0 Å². The van der Waals surface area contributed by atoms with E-state index in [4.69, 9.17) is 4.74 Å². The first-order valence-electron chi connectivity index (χ1n) is 10.7. The molecule has 164 valence electrons. The minimum Gasteiger partial charge on any atom is -0.374 e. The predicted molar refractivity (Wildman–Crippen MR) is 129 cm³/mol. The topological polar surface area (TPSA) is 55.6 Å². The second-order valence-electron chi connectivity index (χ2n) is 7.82. The van der Waals surface area contributed by atoms with Crippen LogP contribution in [0.15, 0.2) is 84.0 Å². The molecule has 0 aliphatic carbocycles. The van der Waals surface area contributed by atoms with Gasteiger partial charge >= 0.3 is 0 Å². The number of aromatic nitrogens is 2. The molecular formula is C26H27N3O2S. The Morgan fingerprint density at radius 3 is 2.53 bits per heavy atom. The summed E-state index contributed by atoms with van der Waals surface area (Å²) in [6.07, 6.45) is 4.22. The fraction of sp³-hybridized carbons (Fsp3) is 0.231. The van der Waals surface area contributed by atoms with E-state index < -0.39 is 0 Å². The van der Waals surface area contributed by atoms with Gasteiger partial charge in [0.25, 0.3) is 5.91 Å². The molecule has 0 unspecified atom stereocenters. The summed E-state index contributed by atoms with van der Waals surface area (Å²) in [4.78, 5) is 18.4. The highest BCUT2D eigenvalue weighted by atomic mass is 32.2. The lowest BCUT2D eigenvalue weighted by atomic mass is 10.1. The molecule has 1 amide bonds. The summed E-state index contributed by atoms with van der Waals surface area (Å²) in [6, 6.07) is 21.7. The van der Waals surface area contributed by atoms with Crippen molar-refractivity contribution in [3.8, 4) is 0 Å². The van der Waals surface area contributed by atoms with Crippen molar-refractivity contribution < 1.29 is 9.53 Å². The molecule has 0 saturated carbocycles. The first-order valence-corrected chi connectivity index (χ1v) is 11.7. The maximum atomic E-state index is 12.6. The Hall–Kier alpha value is -3.09. The fourth-order valence-electron chi connectivity index (χ4n) is 3.32. The second kappa shape index (κ2) is 10.5. The molecule has 32 heavy (non-hydrogen) atoms. The van der Waals surface area contributed by atoms with Crippen molar-refractivity contribution in [1.29, 1.82) is 0 Å². The quantitative estimate of drug-likeness (QED) is 0.347. The van der Waals surface area contributed by atoms with E-state index in [1.54, 1.807) is 11.8 Å². The van der Waals surface area contributed by atoms with Gasteiger partial charge in [-0.25, -0.2) is 4.98 Å². The molecule has 1 N–H and O–H groups in total. The van der Waals surface area contributed by atoms with Gasteiger partial charge in [0.2, 0.25) is 0 Å². The highest BCUT2D eigenvalue weighted by molar-refractivity contribution is 7.98. The van der Waals surface area contributed by atoms with Crippen LogP contribution in [0.3, 0.4) is 0 Å². The lowest BCUT2D eigenvalue weighted by Crippen LogP contribution is -2.23. The van der Waals surface area contributed by atoms with Crippen LogP contribution in [-0.2, 0) is 23.6 Å². The average Bonchev–Trinajstić information content (AvgIpc) is 3.24. The van der Waals surface area contributed by atoms with Crippen LogP contribution in [0.4, 0.5) is 0 Å². The van der Waals surface area contributed by atoms with Crippen molar-refractivity contribution in [2.75, 3.05) is 0 Å². The first-order chi connectivity index (χ1) is 15.6. The summed E-state index contributed by atoms with van der Waals surface area (Å²) >= 11 is 1.71. The van der Waals surface area contributed by atoms with Crippen molar-refractivity contribution >= 4 is 23.3 Å². The van der Waals surface area contributed by atoms with E-state index in [-0.39, 0.29) is 12.0 Å². The summed E-state index contributed by atoms with van der Waals surface area (Å²) < 4.78 is 7.75. The highest BCUT2D eigenvalue weighted by Gasteiger charge is 2.09. The Balaban J connectivity index is 1.31. The summed E-state index contributed by atoms with van der Waals surface area (Å²) in [5, 5.41) is 3.02. The number of hydrogen-bond acceptors (Lipinski definition) is 4. The normalized spacial score (nSPS) is 11.2. The van der Waals surface area contributed by atoms with E-state index in [0.717, 1.165) is 33.1 Å². The molecule has 2 heterocycles. The molecular weight excluding hydrogens is 418 g/mol. The van der Waals surface area contributed by atoms with Gasteiger partial charge < -0.3 is 14.5 Å². The van der Waals surface area contributed by atoms with E-state index in [1.807, 2.05) is 97.4 Å². The number of imidazole rings is 1. The number of fused-ring (bicyclic) bond motifs is 1. The van der Waals surface area contributed by atoms with E-state index >= 15 is 0 Å². The molecule has 4 rings (SSSR count). The third kappa shape index (κ3) is 5.78. The third-order valence-corrected chi connectivity index (χ3v) is 6.09. The van der Waals surface area contributed by atoms with Gasteiger partial charge in [-0.2, -0.15) is 0 Å². The van der Waals surface area contributed by atoms with Crippen LogP contribution in [0.5, 0.6) is 0 Å². The SMILES string of the molecule is CC(C)OCc1ccccc1CNC(=O)c1ccc(SCc2cn3ccccc3n2)cc1. The zero-order chi connectivity index (χ0) is 22.3. The Kier molecular flexibility index (Phi) is 7.24. The Labute approximate surface area is 192 Å². The number of rotatable bonds is 9. The monoisotopic (exact) mass is 445 g/mol. The van der Waals surface area contributed by atoms with Gasteiger partial charge in [0, 0.05) is 35.2 Å². The zero-order valence-electron chi connectivity index (χ0n) is 18.3. The lowest BCUT2D eigenvalue weighted by Gasteiger charge is -2.13. The number of nitrogens with zero attached hydrogens (tertiary/aromatic N) is 2. The van der Waals surface area contributed by atoms with E-state index in [2.05, 4.69) is 10.3 Å². The van der Waals surface area contributed by atoms with Crippen molar-refractivity contribution in [3.63, 3.8) is 0 Å². The molecule has 6 heteroatoms. The van der Waals surface area contributed by atoms with Crippen LogP contribution >= 0.6 is 11.8 Å². The highest BCUT2D eigenvalue weighted by Crippen LogP contribution is 2.23. The standard InChI is InChI=1S/C26H27N3O2S/c1-19(2)31-17-22-8-4-3-7-21(22)15-27-26(30)20-10-12-24(13-11-20)32-18-23-16-29-14-6-5-9-25(29)28-23/h3-14,16,19H,15,17-18H2,1-2H3,(H,27,30). The Morgan fingerprint density at radius 1 is 1.03 bits per heavy atom. The number of thioether (sulfide) groups is 1. The number of pyridine rings is 1. The third-order valence-electron chi connectivity index (χ3n) is 5.05. The number of carbonyl (C=O) groups is 1. The van der Waals surface area contributed by atoms with Gasteiger partial charge in [-0.15, -0.1) is 11.8 Å². The maximum absolute atomic E-state index is 12.6. The molecule has 0 atom stereocenters. The van der Waals surface area contributed by atoms with Crippen molar-refractivity contribution in [1.82, 2.24) is 14.7 Å². The van der Waals surface area contributed by atoms with Crippen molar-refractivity contribution in [2.45, 2.75) is 43.8 Å². The Morgan fingerprint density at radius 2 is 1.78 bits per heavy atom. The molecule has 0 radical (unpaired) electrons. The molecule has 0 fully saturated rings. The molecule has 2 aromatic heterocycles. The van der Waals surface area contributed by atoms with Gasteiger partial charge in [0.15, 0.2) is 0 Å².